The molecule has 3 rings (SSSR count). The zero-order chi connectivity index (χ0) is 19.9. The van der Waals surface area contributed by atoms with Crippen molar-refractivity contribution in [2.45, 2.75) is 26.2 Å². The zero-order valence-electron chi connectivity index (χ0n) is 16.0. The molecule has 2 aromatic rings. The molecule has 0 radical (unpaired) electrons. The quantitative estimate of drug-likeness (QED) is 0.717. The highest BCUT2D eigenvalue weighted by Gasteiger charge is 2.27. The maximum Gasteiger partial charge on any atom is 0.227 e. The van der Waals surface area contributed by atoms with E-state index in [-0.39, 0.29) is 17.7 Å². The summed E-state index contributed by atoms with van der Waals surface area (Å²) in [5.41, 5.74) is 1.86. The van der Waals surface area contributed by atoms with E-state index in [1.807, 2.05) is 60.4 Å². The van der Waals surface area contributed by atoms with Crippen LogP contribution in [0.1, 0.15) is 24.8 Å². The average Bonchev–Trinajstić information content (AvgIpc) is 2.71. The van der Waals surface area contributed by atoms with Crippen LogP contribution in [0, 0.1) is 12.8 Å². The summed E-state index contributed by atoms with van der Waals surface area (Å²) in [5, 5.41) is 3.02. The maximum absolute atomic E-state index is 12.6. The lowest BCUT2D eigenvalue weighted by atomic mass is 9.95. The number of halogens is 1. The van der Waals surface area contributed by atoms with Crippen molar-refractivity contribution in [1.29, 1.82) is 0 Å². The fourth-order valence-corrected chi connectivity index (χ4v) is 3.80. The third-order valence-corrected chi connectivity index (χ3v) is 5.49. The van der Waals surface area contributed by atoms with E-state index in [2.05, 4.69) is 21.2 Å². The molecule has 5 nitrogen and oxygen atoms in total. The molecule has 0 bridgehead atoms. The summed E-state index contributed by atoms with van der Waals surface area (Å²) in [7, 11) is 0. The van der Waals surface area contributed by atoms with Gasteiger partial charge >= 0.3 is 0 Å². The average molecular weight is 445 g/mol. The number of nitrogens with one attached hydrogen (secondary N) is 1. The number of carbonyl (C=O) groups is 2. The summed E-state index contributed by atoms with van der Waals surface area (Å²) in [6.07, 6.45) is 1.73. The molecule has 1 heterocycles. The molecule has 1 N–H and O–H groups in total. The smallest absolute Gasteiger partial charge is 0.227 e. The lowest BCUT2D eigenvalue weighted by Gasteiger charge is -2.31. The lowest BCUT2D eigenvalue weighted by Crippen LogP contribution is -2.41. The fraction of sp³-hybridized carbons (Fsp3) is 0.364. The highest BCUT2D eigenvalue weighted by atomic mass is 79.9. The molecule has 2 aromatic carbocycles. The van der Waals surface area contributed by atoms with Gasteiger partial charge in [0.25, 0.3) is 0 Å². The number of piperidine rings is 1. The van der Waals surface area contributed by atoms with E-state index in [9.17, 15) is 9.59 Å². The minimum atomic E-state index is -0.0623. The van der Waals surface area contributed by atoms with Gasteiger partial charge in [0.2, 0.25) is 11.8 Å². The van der Waals surface area contributed by atoms with Gasteiger partial charge in [-0.05, 0) is 55.7 Å². The second-order valence-corrected chi connectivity index (χ2v) is 7.93. The molecular formula is C22H25BrN2O3. The monoisotopic (exact) mass is 444 g/mol. The van der Waals surface area contributed by atoms with Crippen LogP contribution in [0.4, 0.5) is 5.69 Å². The first-order chi connectivity index (χ1) is 13.5. The van der Waals surface area contributed by atoms with E-state index >= 15 is 0 Å². The Labute approximate surface area is 174 Å². The van der Waals surface area contributed by atoms with Crippen LogP contribution in [-0.4, -0.2) is 36.4 Å². The van der Waals surface area contributed by atoms with E-state index in [1.54, 1.807) is 0 Å². The first-order valence-electron chi connectivity index (χ1n) is 9.55. The Morgan fingerprint density at radius 2 is 1.86 bits per heavy atom. The zero-order valence-corrected chi connectivity index (χ0v) is 17.6. The molecule has 1 fully saturated rings. The second-order valence-electron chi connectivity index (χ2n) is 7.02. The van der Waals surface area contributed by atoms with Crippen molar-refractivity contribution in [3.63, 3.8) is 0 Å². The topological polar surface area (TPSA) is 58.6 Å². The van der Waals surface area contributed by atoms with Crippen molar-refractivity contribution >= 4 is 33.4 Å². The van der Waals surface area contributed by atoms with Crippen LogP contribution in [0.2, 0.25) is 0 Å². The van der Waals surface area contributed by atoms with Crippen molar-refractivity contribution < 1.29 is 14.3 Å². The Morgan fingerprint density at radius 3 is 2.54 bits per heavy atom. The van der Waals surface area contributed by atoms with E-state index in [0.717, 1.165) is 21.5 Å². The number of benzene rings is 2. The van der Waals surface area contributed by atoms with Crippen molar-refractivity contribution in [3.05, 3.63) is 58.6 Å². The molecule has 2 amide bonds. The van der Waals surface area contributed by atoms with Gasteiger partial charge in [-0.2, -0.15) is 0 Å². The molecule has 1 saturated heterocycles. The van der Waals surface area contributed by atoms with Gasteiger partial charge in [-0.1, -0.05) is 34.1 Å². The molecule has 0 aliphatic carbocycles. The van der Waals surface area contributed by atoms with Crippen LogP contribution in [0.3, 0.4) is 0 Å². The van der Waals surface area contributed by atoms with Crippen molar-refractivity contribution in [2.24, 2.45) is 5.92 Å². The van der Waals surface area contributed by atoms with Gasteiger partial charge in [0.1, 0.15) is 5.75 Å². The summed E-state index contributed by atoms with van der Waals surface area (Å²) in [6.45, 7) is 3.56. The molecule has 0 spiro atoms. The minimum Gasteiger partial charge on any atom is -0.493 e. The largest absolute Gasteiger partial charge is 0.493 e. The Balaban J connectivity index is 1.42. The number of amides is 2. The number of para-hydroxylation sites is 1. The van der Waals surface area contributed by atoms with Crippen molar-refractivity contribution in [3.8, 4) is 5.75 Å². The Bertz CT molecular complexity index is 818. The predicted octanol–water partition coefficient (Wildman–Crippen LogP) is 4.40. The molecule has 1 aliphatic heterocycles. The maximum atomic E-state index is 12.6. The van der Waals surface area contributed by atoms with E-state index < -0.39 is 0 Å². The van der Waals surface area contributed by atoms with Gasteiger partial charge < -0.3 is 15.0 Å². The lowest BCUT2D eigenvalue weighted by molar-refractivity contribution is -0.135. The van der Waals surface area contributed by atoms with Gasteiger partial charge in [0, 0.05) is 29.2 Å². The summed E-state index contributed by atoms with van der Waals surface area (Å²) < 4.78 is 6.59. The minimum absolute atomic E-state index is 0.0323. The highest BCUT2D eigenvalue weighted by molar-refractivity contribution is 9.10. The fourth-order valence-electron chi connectivity index (χ4n) is 3.32. The van der Waals surface area contributed by atoms with Gasteiger partial charge in [-0.3, -0.25) is 9.59 Å². The van der Waals surface area contributed by atoms with Crippen LogP contribution >= 0.6 is 15.9 Å². The number of nitrogens with zero attached hydrogens (tertiary/aromatic N) is 1. The third-order valence-electron chi connectivity index (χ3n) is 4.99. The van der Waals surface area contributed by atoms with Crippen LogP contribution in [0.5, 0.6) is 5.75 Å². The number of hydrogen-bond acceptors (Lipinski definition) is 3. The normalized spacial score (nSPS) is 14.6. The summed E-state index contributed by atoms with van der Waals surface area (Å²) in [5.74, 6) is 0.824. The summed E-state index contributed by atoms with van der Waals surface area (Å²) in [4.78, 5) is 26.8. The molecule has 148 valence electrons. The van der Waals surface area contributed by atoms with Gasteiger partial charge in [0.05, 0.1) is 13.0 Å². The predicted molar refractivity (Wildman–Crippen MR) is 113 cm³/mol. The number of anilines is 1. The molecule has 0 atom stereocenters. The number of likely N-dealkylation sites (tertiary alicyclic amines) is 1. The molecule has 1 aliphatic rings. The van der Waals surface area contributed by atoms with Crippen molar-refractivity contribution in [2.75, 3.05) is 25.0 Å². The molecular weight excluding hydrogens is 420 g/mol. The van der Waals surface area contributed by atoms with Crippen LogP contribution in [0.25, 0.3) is 0 Å². The van der Waals surface area contributed by atoms with Crippen molar-refractivity contribution in [1.82, 2.24) is 4.90 Å². The third kappa shape index (κ3) is 5.58. The van der Waals surface area contributed by atoms with E-state index in [1.165, 1.54) is 0 Å². The molecule has 6 heteroatoms. The standard InChI is InChI=1S/C22H25BrN2O3/c1-16-15-18(23)7-8-20(16)24-22(27)17-9-12-25(13-10-17)21(26)11-14-28-19-5-3-2-4-6-19/h2-8,15,17H,9-14H2,1H3,(H,24,27). The summed E-state index contributed by atoms with van der Waals surface area (Å²) in [6, 6.07) is 15.3. The Morgan fingerprint density at radius 1 is 1.14 bits per heavy atom. The highest BCUT2D eigenvalue weighted by Crippen LogP contribution is 2.23. The van der Waals surface area contributed by atoms with Crippen LogP contribution in [-0.2, 0) is 9.59 Å². The van der Waals surface area contributed by atoms with Gasteiger partial charge in [0.15, 0.2) is 0 Å². The second kappa shape index (κ2) is 9.73. The number of rotatable bonds is 6. The summed E-state index contributed by atoms with van der Waals surface area (Å²) >= 11 is 3.43. The molecule has 28 heavy (non-hydrogen) atoms. The van der Waals surface area contributed by atoms with E-state index in [0.29, 0.717) is 39.0 Å². The van der Waals surface area contributed by atoms with Crippen LogP contribution < -0.4 is 10.1 Å². The van der Waals surface area contributed by atoms with Crippen LogP contribution in [0.15, 0.2) is 53.0 Å². The van der Waals surface area contributed by atoms with Gasteiger partial charge in [-0.25, -0.2) is 0 Å². The SMILES string of the molecule is Cc1cc(Br)ccc1NC(=O)C1CCN(C(=O)CCOc2ccccc2)CC1. The molecule has 0 aromatic heterocycles. The van der Waals surface area contributed by atoms with E-state index in [4.69, 9.17) is 4.74 Å². The molecule has 0 unspecified atom stereocenters. The number of aryl methyl sites for hydroxylation is 1. The Kier molecular flexibility index (Phi) is 7.09. The number of ether oxygens (including phenoxy) is 1. The number of hydrogen-bond donors (Lipinski definition) is 1. The Hall–Kier alpha value is -2.34. The molecule has 0 saturated carbocycles. The first kappa shape index (κ1) is 20.4. The first-order valence-corrected chi connectivity index (χ1v) is 10.3. The number of carbonyl (C=O) groups excluding carboxylic acids is 2. The van der Waals surface area contributed by atoms with Gasteiger partial charge in [-0.15, -0.1) is 0 Å².